The molecule has 1 nitrogen and oxygen atoms in total. The molecule has 0 saturated carbocycles. The first-order valence-corrected chi connectivity index (χ1v) is 7.86. The third kappa shape index (κ3) is 6.44. The Morgan fingerprint density at radius 2 is 1.76 bits per heavy atom. The molecule has 0 amide bonds. The van der Waals surface area contributed by atoms with Gasteiger partial charge in [0.1, 0.15) is 0 Å². The molecule has 1 rings (SSSR count). The van der Waals surface area contributed by atoms with Crippen molar-refractivity contribution < 1.29 is 5.11 Å². The van der Waals surface area contributed by atoms with E-state index in [9.17, 15) is 5.11 Å². The molecule has 98 valence electrons. The minimum absolute atomic E-state index is 0.317. The maximum atomic E-state index is 9.93. The fraction of sp³-hybridized carbons (Fsp3) is 0.714. The van der Waals surface area contributed by atoms with Crippen LogP contribution in [-0.2, 0) is 0 Å². The van der Waals surface area contributed by atoms with E-state index in [0.29, 0.717) is 0 Å². The molecule has 0 saturated heterocycles. The molecule has 0 aliphatic rings. The lowest BCUT2D eigenvalue weighted by Gasteiger charge is -2.07. The van der Waals surface area contributed by atoms with Crippen LogP contribution in [0.2, 0.25) is 4.34 Å². The lowest BCUT2D eigenvalue weighted by molar-refractivity contribution is 0.167. The third-order valence-corrected chi connectivity index (χ3v) is 4.34. The molecule has 0 aliphatic heterocycles. The van der Waals surface area contributed by atoms with Crippen molar-refractivity contribution in [3.05, 3.63) is 21.3 Å². The highest BCUT2D eigenvalue weighted by Gasteiger charge is 2.09. The highest BCUT2D eigenvalue weighted by molar-refractivity contribution is 7.16. The molecule has 0 fully saturated rings. The summed E-state index contributed by atoms with van der Waals surface area (Å²) in [4.78, 5) is 1.00. The highest BCUT2D eigenvalue weighted by atomic mass is 35.5. The summed E-state index contributed by atoms with van der Waals surface area (Å²) >= 11 is 7.33. The van der Waals surface area contributed by atoms with Gasteiger partial charge in [0.15, 0.2) is 0 Å². The van der Waals surface area contributed by atoms with Crippen molar-refractivity contribution in [2.75, 3.05) is 0 Å². The number of hydrogen-bond donors (Lipinski definition) is 1. The summed E-state index contributed by atoms with van der Waals surface area (Å²) < 4.78 is 0.763. The van der Waals surface area contributed by atoms with E-state index >= 15 is 0 Å². The Balaban J connectivity index is 2.03. The molecule has 0 aromatic carbocycles. The van der Waals surface area contributed by atoms with Crippen LogP contribution < -0.4 is 0 Å². The van der Waals surface area contributed by atoms with Gasteiger partial charge in [-0.2, -0.15) is 0 Å². The fourth-order valence-corrected chi connectivity index (χ4v) is 3.03. The highest BCUT2D eigenvalue weighted by Crippen LogP contribution is 2.29. The van der Waals surface area contributed by atoms with Crippen molar-refractivity contribution >= 4 is 22.9 Å². The molecule has 0 radical (unpaired) electrons. The molecule has 1 aromatic rings. The zero-order valence-electron chi connectivity index (χ0n) is 10.6. The van der Waals surface area contributed by atoms with E-state index in [-0.39, 0.29) is 6.10 Å². The SMILES string of the molecule is CCCCCCCCCC(O)c1ccc(Cl)s1. The van der Waals surface area contributed by atoms with E-state index in [1.807, 2.05) is 12.1 Å². The Morgan fingerprint density at radius 1 is 1.12 bits per heavy atom. The average Bonchev–Trinajstić information content (AvgIpc) is 2.74. The van der Waals surface area contributed by atoms with Gasteiger partial charge in [0.2, 0.25) is 0 Å². The molecule has 0 aliphatic carbocycles. The summed E-state index contributed by atoms with van der Waals surface area (Å²) in [5.41, 5.74) is 0. The molecule has 17 heavy (non-hydrogen) atoms. The van der Waals surface area contributed by atoms with E-state index in [1.54, 1.807) is 0 Å². The topological polar surface area (TPSA) is 20.2 Å². The van der Waals surface area contributed by atoms with Crippen LogP contribution in [-0.4, -0.2) is 5.11 Å². The molecule has 1 aromatic heterocycles. The first kappa shape index (κ1) is 15.0. The zero-order chi connectivity index (χ0) is 12.5. The van der Waals surface area contributed by atoms with Gasteiger partial charge >= 0.3 is 0 Å². The van der Waals surface area contributed by atoms with Crippen LogP contribution in [0.25, 0.3) is 0 Å². The van der Waals surface area contributed by atoms with E-state index in [2.05, 4.69) is 6.92 Å². The van der Waals surface area contributed by atoms with Crippen molar-refractivity contribution in [1.82, 2.24) is 0 Å². The number of aliphatic hydroxyl groups excluding tert-OH is 1. The molecule has 1 unspecified atom stereocenters. The number of aliphatic hydroxyl groups is 1. The van der Waals surface area contributed by atoms with Crippen LogP contribution in [0.5, 0.6) is 0 Å². The lowest BCUT2D eigenvalue weighted by atomic mass is 10.1. The standard InChI is InChI=1S/C14H23ClOS/c1-2-3-4-5-6-7-8-9-12(16)13-10-11-14(15)17-13/h10-12,16H,2-9H2,1H3. The minimum atomic E-state index is -0.317. The number of halogens is 1. The van der Waals surface area contributed by atoms with Gasteiger partial charge in [0.25, 0.3) is 0 Å². The van der Waals surface area contributed by atoms with Gasteiger partial charge in [-0.15, -0.1) is 11.3 Å². The summed E-state index contributed by atoms with van der Waals surface area (Å²) in [6.07, 6.45) is 9.57. The number of unbranched alkanes of at least 4 members (excludes halogenated alkanes) is 6. The number of rotatable bonds is 9. The molecule has 1 N–H and O–H groups in total. The van der Waals surface area contributed by atoms with Gasteiger partial charge in [-0.05, 0) is 18.6 Å². The van der Waals surface area contributed by atoms with Crippen molar-refractivity contribution in [1.29, 1.82) is 0 Å². The third-order valence-electron chi connectivity index (χ3n) is 3.00. The quantitative estimate of drug-likeness (QED) is 0.583. The Morgan fingerprint density at radius 3 is 2.35 bits per heavy atom. The van der Waals surface area contributed by atoms with Gasteiger partial charge in [0, 0.05) is 4.88 Å². The maximum Gasteiger partial charge on any atom is 0.0932 e. The first-order chi connectivity index (χ1) is 8.24. The molecule has 1 atom stereocenters. The summed E-state index contributed by atoms with van der Waals surface area (Å²) in [7, 11) is 0. The van der Waals surface area contributed by atoms with Crippen LogP contribution in [0.4, 0.5) is 0 Å². The first-order valence-electron chi connectivity index (χ1n) is 6.67. The second kappa shape index (κ2) is 8.96. The summed E-state index contributed by atoms with van der Waals surface area (Å²) in [6.45, 7) is 2.24. The monoisotopic (exact) mass is 274 g/mol. The second-order valence-electron chi connectivity index (χ2n) is 4.57. The smallest absolute Gasteiger partial charge is 0.0932 e. The number of hydrogen-bond acceptors (Lipinski definition) is 2. The van der Waals surface area contributed by atoms with Gasteiger partial charge < -0.3 is 5.11 Å². The van der Waals surface area contributed by atoms with Crippen LogP contribution in [0.1, 0.15) is 69.3 Å². The van der Waals surface area contributed by atoms with Crippen LogP contribution in [0.3, 0.4) is 0 Å². The molecular weight excluding hydrogens is 252 g/mol. The van der Waals surface area contributed by atoms with E-state index in [1.165, 1.54) is 49.9 Å². The fourth-order valence-electron chi connectivity index (χ4n) is 1.94. The lowest BCUT2D eigenvalue weighted by Crippen LogP contribution is -1.94. The van der Waals surface area contributed by atoms with Crippen molar-refractivity contribution in [3.8, 4) is 0 Å². The van der Waals surface area contributed by atoms with E-state index < -0.39 is 0 Å². The molecule has 3 heteroatoms. The van der Waals surface area contributed by atoms with Gasteiger partial charge in [-0.25, -0.2) is 0 Å². The van der Waals surface area contributed by atoms with Crippen molar-refractivity contribution in [2.24, 2.45) is 0 Å². The Bertz CT molecular complexity index is 298. The Kier molecular flexibility index (Phi) is 7.91. The summed E-state index contributed by atoms with van der Waals surface area (Å²) in [5.74, 6) is 0. The van der Waals surface area contributed by atoms with E-state index in [0.717, 1.165) is 22.1 Å². The minimum Gasteiger partial charge on any atom is -0.388 e. The predicted molar refractivity (Wildman–Crippen MR) is 76.9 cm³/mol. The predicted octanol–water partition coefficient (Wildman–Crippen LogP) is 5.58. The van der Waals surface area contributed by atoms with Crippen LogP contribution >= 0.6 is 22.9 Å². The van der Waals surface area contributed by atoms with Crippen molar-refractivity contribution in [3.63, 3.8) is 0 Å². The Labute approximate surface area is 114 Å². The summed E-state index contributed by atoms with van der Waals surface area (Å²) in [5, 5.41) is 9.93. The molecule has 1 heterocycles. The Hall–Kier alpha value is -0.0500. The largest absolute Gasteiger partial charge is 0.388 e. The molecule has 0 spiro atoms. The average molecular weight is 275 g/mol. The van der Waals surface area contributed by atoms with Crippen molar-refractivity contribution in [2.45, 2.75) is 64.4 Å². The zero-order valence-corrected chi connectivity index (χ0v) is 12.2. The summed E-state index contributed by atoms with van der Waals surface area (Å²) in [6, 6.07) is 3.79. The molecular formula is C14H23ClOS. The number of thiophene rings is 1. The van der Waals surface area contributed by atoms with Gasteiger partial charge in [0.05, 0.1) is 10.4 Å². The van der Waals surface area contributed by atoms with Crippen LogP contribution in [0.15, 0.2) is 12.1 Å². The van der Waals surface area contributed by atoms with Crippen LogP contribution in [0, 0.1) is 0 Å². The van der Waals surface area contributed by atoms with Gasteiger partial charge in [-0.1, -0.05) is 63.5 Å². The normalized spacial score (nSPS) is 12.9. The van der Waals surface area contributed by atoms with E-state index in [4.69, 9.17) is 11.6 Å². The second-order valence-corrected chi connectivity index (χ2v) is 6.31. The van der Waals surface area contributed by atoms with Gasteiger partial charge in [-0.3, -0.25) is 0 Å². The molecule has 0 bridgehead atoms. The maximum absolute atomic E-state index is 9.93.